The van der Waals surface area contributed by atoms with Crippen molar-refractivity contribution in [2.45, 2.75) is 13.5 Å². The number of hydrogen-bond donors (Lipinski definition) is 3. The minimum Gasteiger partial charge on any atom is -0.392 e. The summed E-state index contributed by atoms with van der Waals surface area (Å²) < 4.78 is 0. The molecule has 0 saturated carbocycles. The van der Waals surface area contributed by atoms with Gasteiger partial charge in [-0.25, -0.2) is 0 Å². The molecular formula is C16H15N3O2. The van der Waals surface area contributed by atoms with Crippen molar-refractivity contribution in [3.63, 3.8) is 0 Å². The lowest BCUT2D eigenvalue weighted by Crippen LogP contribution is -2.13. The molecule has 3 N–H and O–H groups in total. The average Bonchev–Trinajstić information content (AvgIpc) is 2.91. The predicted molar refractivity (Wildman–Crippen MR) is 81.1 cm³/mol. The third-order valence-electron chi connectivity index (χ3n) is 3.35. The average molecular weight is 281 g/mol. The molecule has 1 amide bonds. The van der Waals surface area contributed by atoms with Gasteiger partial charge in [0, 0.05) is 22.7 Å². The number of nitrogens with zero attached hydrogens (tertiary/aromatic N) is 1. The highest BCUT2D eigenvalue weighted by atomic mass is 16.3. The van der Waals surface area contributed by atoms with Crippen molar-refractivity contribution in [2.24, 2.45) is 0 Å². The normalized spacial score (nSPS) is 10.8. The first-order chi connectivity index (χ1) is 10.2. The second-order valence-electron chi connectivity index (χ2n) is 4.92. The number of aromatic amines is 1. The zero-order valence-electron chi connectivity index (χ0n) is 11.6. The first kappa shape index (κ1) is 13.3. The topological polar surface area (TPSA) is 78.0 Å². The van der Waals surface area contributed by atoms with E-state index in [0.717, 1.165) is 16.5 Å². The van der Waals surface area contributed by atoms with E-state index >= 15 is 0 Å². The zero-order chi connectivity index (χ0) is 14.8. The van der Waals surface area contributed by atoms with Gasteiger partial charge in [0.05, 0.1) is 18.5 Å². The summed E-state index contributed by atoms with van der Waals surface area (Å²) in [6.07, 6.45) is 3.10. The van der Waals surface area contributed by atoms with Gasteiger partial charge in [0.25, 0.3) is 5.91 Å². The number of aryl methyl sites for hydroxylation is 1. The molecule has 2 aromatic heterocycles. The number of carbonyl (C=O) groups excluding carboxylic acids is 1. The van der Waals surface area contributed by atoms with E-state index in [4.69, 9.17) is 0 Å². The lowest BCUT2D eigenvalue weighted by atomic mass is 10.2. The van der Waals surface area contributed by atoms with Crippen LogP contribution in [0.5, 0.6) is 0 Å². The Morgan fingerprint density at radius 1 is 1.33 bits per heavy atom. The molecule has 3 rings (SSSR count). The number of carbonyl (C=O) groups is 1. The summed E-state index contributed by atoms with van der Waals surface area (Å²) in [6.45, 7) is 1.85. The largest absolute Gasteiger partial charge is 0.392 e. The van der Waals surface area contributed by atoms with Crippen LogP contribution in [0.3, 0.4) is 0 Å². The maximum atomic E-state index is 12.3. The summed E-state index contributed by atoms with van der Waals surface area (Å²) >= 11 is 0. The third kappa shape index (κ3) is 2.64. The Hall–Kier alpha value is -2.66. The van der Waals surface area contributed by atoms with E-state index in [1.54, 1.807) is 18.3 Å². The molecule has 5 heteroatoms. The smallest absolute Gasteiger partial charge is 0.272 e. The van der Waals surface area contributed by atoms with E-state index in [2.05, 4.69) is 15.3 Å². The van der Waals surface area contributed by atoms with Gasteiger partial charge in [-0.05, 0) is 30.7 Å². The summed E-state index contributed by atoms with van der Waals surface area (Å²) in [5.41, 5.74) is 3.67. The molecule has 0 aliphatic heterocycles. The first-order valence-corrected chi connectivity index (χ1v) is 6.62. The van der Waals surface area contributed by atoms with Crippen LogP contribution in [0.2, 0.25) is 0 Å². The fourth-order valence-electron chi connectivity index (χ4n) is 2.23. The fraction of sp³-hybridized carbons (Fsp3) is 0.125. The molecule has 0 spiro atoms. The number of anilines is 1. The van der Waals surface area contributed by atoms with Gasteiger partial charge >= 0.3 is 0 Å². The van der Waals surface area contributed by atoms with E-state index in [0.29, 0.717) is 16.9 Å². The molecule has 0 unspecified atom stereocenters. The number of benzene rings is 1. The lowest BCUT2D eigenvalue weighted by molar-refractivity contribution is 0.102. The number of hydrogen-bond acceptors (Lipinski definition) is 3. The number of fused-ring (bicyclic) bond motifs is 1. The van der Waals surface area contributed by atoms with Gasteiger partial charge < -0.3 is 15.4 Å². The summed E-state index contributed by atoms with van der Waals surface area (Å²) in [5.74, 6) is -0.258. The van der Waals surface area contributed by atoms with Crippen molar-refractivity contribution in [1.29, 1.82) is 0 Å². The molecule has 0 fully saturated rings. The highest BCUT2D eigenvalue weighted by Gasteiger charge is 2.11. The molecule has 0 atom stereocenters. The predicted octanol–water partition coefficient (Wildman–Crippen LogP) is 2.62. The number of aromatic nitrogens is 2. The Kier molecular flexibility index (Phi) is 3.41. The third-order valence-corrected chi connectivity index (χ3v) is 3.35. The van der Waals surface area contributed by atoms with Crippen molar-refractivity contribution < 1.29 is 9.90 Å². The van der Waals surface area contributed by atoms with Gasteiger partial charge in [0.2, 0.25) is 0 Å². The Morgan fingerprint density at radius 3 is 3.00 bits per heavy atom. The lowest BCUT2D eigenvalue weighted by Gasteiger charge is -2.07. The summed E-state index contributed by atoms with van der Waals surface area (Å²) in [5, 5.41) is 13.0. The van der Waals surface area contributed by atoms with Gasteiger partial charge in [-0.3, -0.25) is 9.78 Å². The molecule has 0 aliphatic rings. The van der Waals surface area contributed by atoms with Crippen molar-refractivity contribution in [1.82, 2.24) is 9.97 Å². The maximum Gasteiger partial charge on any atom is 0.272 e. The highest BCUT2D eigenvalue weighted by molar-refractivity contribution is 6.06. The van der Waals surface area contributed by atoms with E-state index in [1.165, 1.54) is 6.20 Å². The van der Waals surface area contributed by atoms with Gasteiger partial charge in [-0.1, -0.05) is 12.1 Å². The summed E-state index contributed by atoms with van der Waals surface area (Å²) in [7, 11) is 0. The number of nitrogens with one attached hydrogen (secondary N) is 2. The number of amides is 1. The molecule has 0 aliphatic carbocycles. The standard InChI is InChI=1S/C16H15N3O2/c1-10-2-3-11-7-14(18-13(11)6-10)16(21)19-15-8-17-5-4-12(15)9-20/h2-8,18,20H,9H2,1H3,(H,19,21). The van der Waals surface area contributed by atoms with Gasteiger partial charge in [0.1, 0.15) is 5.69 Å². The van der Waals surface area contributed by atoms with Crippen LogP contribution < -0.4 is 5.32 Å². The summed E-state index contributed by atoms with van der Waals surface area (Å²) in [6, 6.07) is 9.45. The quantitative estimate of drug-likeness (QED) is 0.690. The highest BCUT2D eigenvalue weighted by Crippen LogP contribution is 2.19. The summed E-state index contributed by atoms with van der Waals surface area (Å²) in [4.78, 5) is 19.3. The van der Waals surface area contributed by atoms with Crippen molar-refractivity contribution in [3.05, 3.63) is 59.5 Å². The Bertz CT molecular complexity index is 808. The molecule has 3 aromatic rings. The van der Waals surface area contributed by atoms with E-state index in [-0.39, 0.29) is 12.5 Å². The van der Waals surface area contributed by atoms with Crippen LogP contribution >= 0.6 is 0 Å². The van der Waals surface area contributed by atoms with E-state index in [1.807, 2.05) is 25.1 Å². The Balaban J connectivity index is 1.90. The number of aliphatic hydroxyl groups excluding tert-OH is 1. The molecule has 106 valence electrons. The van der Waals surface area contributed by atoms with Crippen LogP contribution in [0.25, 0.3) is 10.9 Å². The molecule has 5 nitrogen and oxygen atoms in total. The molecule has 0 radical (unpaired) electrons. The van der Waals surface area contributed by atoms with Crippen LogP contribution in [0.4, 0.5) is 5.69 Å². The SMILES string of the molecule is Cc1ccc2cc(C(=O)Nc3cnccc3CO)[nH]c2c1. The Labute approximate surface area is 121 Å². The van der Waals surface area contributed by atoms with Crippen LogP contribution in [0.1, 0.15) is 21.6 Å². The van der Waals surface area contributed by atoms with Crippen LogP contribution in [0.15, 0.2) is 42.7 Å². The van der Waals surface area contributed by atoms with Crippen LogP contribution in [0, 0.1) is 6.92 Å². The minimum absolute atomic E-state index is 0.149. The van der Waals surface area contributed by atoms with Gasteiger partial charge in [0.15, 0.2) is 0 Å². The Morgan fingerprint density at radius 2 is 2.19 bits per heavy atom. The fourth-order valence-corrected chi connectivity index (χ4v) is 2.23. The van der Waals surface area contributed by atoms with Crippen LogP contribution in [-0.4, -0.2) is 21.0 Å². The van der Waals surface area contributed by atoms with E-state index in [9.17, 15) is 9.90 Å². The second-order valence-corrected chi connectivity index (χ2v) is 4.92. The molecular weight excluding hydrogens is 266 g/mol. The van der Waals surface area contributed by atoms with Crippen LogP contribution in [-0.2, 0) is 6.61 Å². The molecule has 0 saturated heterocycles. The first-order valence-electron chi connectivity index (χ1n) is 6.62. The maximum absolute atomic E-state index is 12.3. The van der Waals surface area contributed by atoms with Gasteiger partial charge in [-0.2, -0.15) is 0 Å². The number of pyridine rings is 1. The molecule has 1 aromatic carbocycles. The number of aliphatic hydroxyl groups is 1. The van der Waals surface area contributed by atoms with E-state index < -0.39 is 0 Å². The number of rotatable bonds is 3. The van der Waals surface area contributed by atoms with Crippen molar-refractivity contribution in [3.8, 4) is 0 Å². The second kappa shape index (κ2) is 5.38. The minimum atomic E-state index is -0.258. The monoisotopic (exact) mass is 281 g/mol. The zero-order valence-corrected chi connectivity index (χ0v) is 11.6. The molecule has 2 heterocycles. The van der Waals surface area contributed by atoms with Crippen molar-refractivity contribution >= 4 is 22.5 Å². The van der Waals surface area contributed by atoms with Crippen molar-refractivity contribution in [2.75, 3.05) is 5.32 Å². The molecule has 0 bridgehead atoms. The molecule has 21 heavy (non-hydrogen) atoms. The van der Waals surface area contributed by atoms with Gasteiger partial charge in [-0.15, -0.1) is 0 Å². The number of H-pyrrole nitrogens is 1.